The van der Waals surface area contributed by atoms with Crippen LogP contribution in [0.4, 0.5) is 0 Å². The monoisotopic (exact) mass is 336 g/mol. The lowest BCUT2D eigenvalue weighted by Crippen LogP contribution is -2.37. The molecule has 4 nitrogen and oxygen atoms in total. The third-order valence-electron chi connectivity index (χ3n) is 3.77. The summed E-state index contributed by atoms with van der Waals surface area (Å²) in [4.78, 5) is 13.9. The van der Waals surface area contributed by atoms with Gasteiger partial charge in [0.2, 0.25) is 0 Å². The van der Waals surface area contributed by atoms with E-state index in [0.29, 0.717) is 17.2 Å². The molecule has 0 aliphatic heterocycles. The first-order chi connectivity index (χ1) is 10.7. The van der Waals surface area contributed by atoms with Crippen LogP contribution in [0.1, 0.15) is 25.0 Å². The fraction of sp³-hybridized carbons (Fsp3) is 0.500. The maximum absolute atomic E-state index is 11.8. The van der Waals surface area contributed by atoms with Gasteiger partial charge in [-0.2, -0.15) is 0 Å². The Kier molecular flexibility index (Phi) is 5.50. The number of fused-ring (bicyclic) bond motifs is 1. The van der Waals surface area contributed by atoms with E-state index in [2.05, 4.69) is 38.2 Å². The van der Waals surface area contributed by atoms with Crippen molar-refractivity contribution in [3.8, 4) is 0 Å². The molecule has 0 amide bonds. The summed E-state index contributed by atoms with van der Waals surface area (Å²) >= 11 is 6.22. The lowest BCUT2D eigenvalue weighted by Gasteiger charge is -2.28. The van der Waals surface area contributed by atoms with E-state index in [1.807, 2.05) is 19.1 Å². The first kappa shape index (κ1) is 18.0. The molecule has 2 aromatic rings. The second-order valence-electron chi connectivity index (χ2n) is 7.19. The van der Waals surface area contributed by atoms with Crippen LogP contribution in [-0.2, 0) is 6.54 Å². The van der Waals surface area contributed by atoms with E-state index in [-0.39, 0.29) is 11.0 Å². The van der Waals surface area contributed by atoms with E-state index >= 15 is 0 Å². The van der Waals surface area contributed by atoms with Gasteiger partial charge in [0.15, 0.2) is 0 Å². The van der Waals surface area contributed by atoms with E-state index in [4.69, 9.17) is 16.0 Å². The van der Waals surface area contributed by atoms with Crippen molar-refractivity contribution in [1.82, 2.24) is 10.2 Å². The average Bonchev–Trinajstić information content (AvgIpc) is 2.39. The normalized spacial score (nSPS) is 12.3. The smallest absolute Gasteiger partial charge is 0.336 e. The van der Waals surface area contributed by atoms with Gasteiger partial charge in [-0.1, -0.05) is 25.4 Å². The van der Waals surface area contributed by atoms with Gasteiger partial charge < -0.3 is 14.6 Å². The van der Waals surface area contributed by atoms with Crippen molar-refractivity contribution < 1.29 is 4.42 Å². The minimum absolute atomic E-state index is 0.146. The predicted octanol–water partition coefficient (Wildman–Crippen LogP) is 3.43. The van der Waals surface area contributed by atoms with Crippen molar-refractivity contribution >= 4 is 22.6 Å². The van der Waals surface area contributed by atoms with Crippen molar-refractivity contribution in [2.75, 3.05) is 27.2 Å². The molecule has 0 atom stereocenters. The molecule has 0 aliphatic rings. The lowest BCUT2D eigenvalue weighted by molar-refractivity contribution is 0.232. The molecule has 0 saturated heterocycles. The van der Waals surface area contributed by atoms with Crippen molar-refractivity contribution in [3.05, 3.63) is 44.8 Å². The standard InChI is InChI=1S/C18H25ClN2O2/c1-12-6-16-14(8-15(12)19)13(7-17(22)23-16)9-20-10-18(2,3)11-21(4)5/h6-8,20H,9-11H2,1-5H3. The molecule has 23 heavy (non-hydrogen) atoms. The van der Waals surface area contributed by atoms with Crippen LogP contribution in [0.15, 0.2) is 27.4 Å². The van der Waals surface area contributed by atoms with Gasteiger partial charge in [0, 0.05) is 36.1 Å². The summed E-state index contributed by atoms with van der Waals surface area (Å²) in [5, 5.41) is 5.02. The molecule has 0 bridgehead atoms. The molecule has 0 spiro atoms. The summed E-state index contributed by atoms with van der Waals surface area (Å²) in [6.07, 6.45) is 0. The van der Waals surface area contributed by atoms with Gasteiger partial charge in [-0.25, -0.2) is 4.79 Å². The number of benzene rings is 1. The number of hydrogen-bond donors (Lipinski definition) is 1. The summed E-state index contributed by atoms with van der Waals surface area (Å²) < 4.78 is 5.29. The van der Waals surface area contributed by atoms with Crippen LogP contribution in [0, 0.1) is 12.3 Å². The van der Waals surface area contributed by atoms with E-state index in [1.165, 1.54) is 0 Å². The zero-order valence-electron chi connectivity index (χ0n) is 14.5. The fourth-order valence-electron chi connectivity index (χ4n) is 2.94. The van der Waals surface area contributed by atoms with E-state index in [1.54, 1.807) is 6.07 Å². The van der Waals surface area contributed by atoms with Gasteiger partial charge in [0.05, 0.1) is 0 Å². The molecule has 126 valence electrons. The molecule has 0 radical (unpaired) electrons. The van der Waals surface area contributed by atoms with Crippen LogP contribution < -0.4 is 10.9 Å². The number of rotatable bonds is 6. The van der Waals surface area contributed by atoms with Crippen molar-refractivity contribution in [2.24, 2.45) is 5.41 Å². The molecule has 1 aromatic carbocycles. The number of halogens is 1. The average molecular weight is 337 g/mol. The first-order valence-electron chi connectivity index (χ1n) is 7.76. The maximum Gasteiger partial charge on any atom is 0.336 e. The quantitative estimate of drug-likeness (QED) is 0.821. The highest BCUT2D eigenvalue weighted by Crippen LogP contribution is 2.25. The van der Waals surface area contributed by atoms with Crippen LogP contribution in [0.2, 0.25) is 5.02 Å². The van der Waals surface area contributed by atoms with Gasteiger partial charge >= 0.3 is 5.63 Å². The predicted molar refractivity (Wildman–Crippen MR) is 96.3 cm³/mol. The summed E-state index contributed by atoms with van der Waals surface area (Å²) in [5.41, 5.74) is 2.22. The van der Waals surface area contributed by atoms with E-state index < -0.39 is 0 Å². The number of aryl methyl sites for hydroxylation is 1. The molecule has 1 N–H and O–H groups in total. The van der Waals surface area contributed by atoms with Crippen LogP contribution in [0.5, 0.6) is 0 Å². The Labute approximate surface area is 142 Å². The Hall–Kier alpha value is -1.36. The highest BCUT2D eigenvalue weighted by Gasteiger charge is 2.18. The summed E-state index contributed by atoms with van der Waals surface area (Å²) in [5.74, 6) is 0. The van der Waals surface area contributed by atoms with Crippen molar-refractivity contribution in [3.63, 3.8) is 0 Å². The molecule has 1 aromatic heterocycles. The third-order valence-corrected chi connectivity index (χ3v) is 4.18. The molecule has 0 aliphatic carbocycles. The minimum Gasteiger partial charge on any atom is -0.423 e. The SMILES string of the molecule is Cc1cc2oc(=O)cc(CNCC(C)(C)CN(C)C)c2cc1Cl. The van der Waals surface area contributed by atoms with Crippen LogP contribution in [-0.4, -0.2) is 32.1 Å². The molecular weight excluding hydrogens is 312 g/mol. The Bertz CT molecular complexity index is 751. The molecule has 0 unspecified atom stereocenters. The molecule has 5 heteroatoms. The second-order valence-corrected chi connectivity index (χ2v) is 7.60. The number of nitrogens with zero attached hydrogens (tertiary/aromatic N) is 1. The van der Waals surface area contributed by atoms with Gasteiger partial charge in [-0.15, -0.1) is 0 Å². The van der Waals surface area contributed by atoms with E-state index in [0.717, 1.165) is 29.6 Å². The Balaban J connectivity index is 2.20. The van der Waals surface area contributed by atoms with Crippen LogP contribution >= 0.6 is 11.6 Å². The topological polar surface area (TPSA) is 45.5 Å². The van der Waals surface area contributed by atoms with E-state index in [9.17, 15) is 4.79 Å². The molecule has 2 rings (SSSR count). The van der Waals surface area contributed by atoms with Gasteiger partial charge in [0.1, 0.15) is 5.58 Å². The Morgan fingerprint density at radius 1 is 1.26 bits per heavy atom. The largest absolute Gasteiger partial charge is 0.423 e. The van der Waals surface area contributed by atoms with Gasteiger partial charge in [-0.05, 0) is 49.7 Å². The summed E-state index contributed by atoms with van der Waals surface area (Å²) in [7, 11) is 4.14. The summed E-state index contributed by atoms with van der Waals surface area (Å²) in [6.45, 7) is 8.79. The van der Waals surface area contributed by atoms with Gasteiger partial charge in [-0.3, -0.25) is 0 Å². The zero-order valence-corrected chi connectivity index (χ0v) is 15.3. The van der Waals surface area contributed by atoms with Crippen LogP contribution in [0.3, 0.4) is 0 Å². The molecule has 1 heterocycles. The molecule has 0 saturated carbocycles. The summed E-state index contributed by atoms with van der Waals surface area (Å²) in [6, 6.07) is 5.23. The third kappa shape index (κ3) is 4.80. The highest BCUT2D eigenvalue weighted by molar-refractivity contribution is 6.32. The minimum atomic E-state index is -0.330. The Morgan fingerprint density at radius 2 is 1.96 bits per heavy atom. The van der Waals surface area contributed by atoms with Gasteiger partial charge in [0.25, 0.3) is 0 Å². The fourth-order valence-corrected chi connectivity index (χ4v) is 3.11. The highest BCUT2D eigenvalue weighted by atomic mass is 35.5. The number of nitrogens with one attached hydrogen (secondary N) is 1. The second kappa shape index (κ2) is 7.04. The number of hydrogen-bond acceptors (Lipinski definition) is 4. The first-order valence-corrected chi connectivity index (χ1v) is 8.14. The van der Waals surface area contributed by atoms with Crippen molar-refractivity contribution in [2.45, 2.75) is 27.3 Å². The maximum atomic E-state index is 11.8. The zero-order chi connectivity index (χ0) is 17.2. The lowest BCUT2D eigenvalue weighted by atomic mass is 9.93. The van der Waals surface area contributed by atoms with Crippen molar-refractivity contribution in [1.29, 1.82) is 0 Å². The molecule has 0 fully saturated rings. The molecular formula is C18H25ClN2O2. The Morgan fingerprint density at radius 3 is 2.61 bits per heavy atom. The van der Waals surface area contributed by atoms with Crippen LogP contribution in [0.25, 0.3) is 11.0 Å².